The first kappa shape index (κ1) is 23.9. The zero-order chi connectivity index (χ0) is 28.3. The van der Waals surface area contributed by atoms with Crippen molar-refractivity contribution < 1.29 is 0 Å². The van der Waals surface area contributed by atoms with Crippen molar-refractivity contribution in [3.63, 3.8) is 0 Å². The lowest BCUT2D eigenvalue weighted by molar-refractivity contribution is 1.18. The lowest BCUT2D eigenvalue weighted by Crippen LogP contribution is -1.96. The Kier molecular flexibility index (Phi) is 5.23. The van der Waals surface area contributed by atoms with E-state index in [1.807, 2.05) is 0 Å². The van der Waals surface area contributed by atoms with Gasteiger partial charge in [-0.15, -0.1) is 0 Å². The maximum absolute atomic E-state index is 5.49. The maximum atomic E-state index is 5.49. The Morgan fingerprint density at radius 2 is 0.860 bits per heavy atom. The van der Waals surface area contributed by atoms with E-state index in [4.69, 9.17) is 4.98 Å². The number of para-hydroxylation sites is 2. The van der Waals surface area contributed by atoms with Gasteiger partial charge in [0.05, 0.1) is 22.2 Å². The minimum atomic E-state index is 0.993. The van der Waals surface area contributed by atoms with Gasteiger partial charge in [-0.2, -0.15) is 0 Å². The molecule has 0 radical (unpaired) electrons. The molecule has 0 saturated carbocycles. The molecule has 0 fully saturated rings. The summed E-state index contributed by atoms with van der Waals surface area (Å²) < 4.78 is 2.36. The van der Waals surface area contributed by atoms with Gasteiger partial charge in [0.25, 0.3) is 0 Å². The van der Waals surface area contributed by atoms with E-state index in [1.54, 1.807) is 0 Å². The van der Waals surface area contributed by atoms with Crippen molar-refractivity contribution in [3.05, 3.63) is 158 Å². The van der Waals surface area contributed by atoms with Crippen molar-refractivity contribution in [2.75, 3.05) is 0 Å². The number of hydrogen-bond acceptors (Lipinski definition) is 1. The molecule has 0 amide bonds. The molecule has 0 unspecified atom stereocenters. The molecule has 200 valence electrons. The summed E-state index contributed by atoms with van der Waals surface area (Å²) in [4.78, 5) is 5.49. The molecule has 0 atom stereocenters. The van der Waals surface area contributed by atoms with E-state index in [9.17, 15) is 0 Å². The van der Waals surface area contributed by atoms with Crippen molar-refractivity contribution in [3.8, 4) is 28.1 Å². The van der Waals surface area contributed by atoms with Gasteiger partial charge in [0.2, 0.25) is 0 Å². The summed E-state index contributed by atoms with van der Waals surface area (Å²) in [6.45, 7) is 0. The number of rotatable bonds is 3. The Morgan fingerprint density at radius 3 is 1.49 bits per heavy atom. The van der Waals surface area contributed by atoms with Crippen LogP contribution in [-0.2, 0) is 0 Å². The zero-order valence-electron chi connectivity index (χ0n) is 23.4. The average Bonchev–Trinajstić information content (AvgIpc) is 3.43. The molecule has 43 heavy (non-hydrogen) atoms. The van der Waals surface area contributed by atoms with E-state index < -0.39 is 0 Å². The summed E-state index contributed by atoms with van der Waals surface area (Å²) >= 11 is 0. The number of hydrogen-bond donors (Lipinski definition) is 0. The second kappa shape index (κ2) is 9.40. The number of aromatic nitrogens is 2. The van der Waals surface area contributed by atoms with E-state index in [1.165, 1.54) is 48.7 Å². The molecular formula is C41H26N2. The summed E-state index contributed by atoms with van der Waals surface area (Å²) in [5.41, 5.74) is 8.99. The van der Waals surface area contributed by atoms with Gasteiger partial charge in [0, 0.05) is 38.4 Å². The first-order chi connectivity index (χ1) is 21.3. The molecule has 0 aliphatic rings. The molecule has 0 spiro atoms. The first-order valence-electron chi connectivity index (χ1n) is 14.7. The summed E-state index contributed by atoms with van der Waals surface area (Å²) in [6.07, 6.45) is 0. The highest BCUT2D eigenvalue weighted by Gasteiger charge is 2.17. The van der Waals surface area contributed by atoms with Crippen molar-refractivity contribution in [2.45, 2.75) is 0 Å². The molecular weight excluding hydrogens is 520 g/mol. The molecule has 0 aliphatic heterocycles. The van der Waals surface area contributed by atoms with Crippen LogP contribution < -0.4 is 0 Å². The van der Waals surface area contributed by atoms with Crippen LogP contribution in [0.25, 0.3) is 82.3 Å². The fourth-order valence-electron chi connectivity index (χ4n) is 6.83. The van der Waals surface area contributed by atoms with Crippen LogP contribution >= 0.6 is 0 Å². The topological polar surface area (TPSA) is 17.8 Å². The molecule has 9 aromatic rings. The van der Waals surface area contributed by atoms with E-state index in [0.717, 1.165) is 33.6 Å². The quantitative estimate of drug-likeness (QED) is 0.202. The molecule has 2 heterocycles. The third-order valence-electron chi connectivity index (χ3n) is 8.78. The van der Waals surface area contributed by atoms with Gasteiger partial charge in [-0.1, -0.05) is 127 Å². The third kappa shape index (κ3) is 3.63. The minimum absolute atomic E-state index is 0.993. The van der Waals surface area contributed by atoms with Gasteiger partial charge in [-0.3, -0.25) is 0 Å². The Hall–Kier alpha value is -5.73. The summed E-state index contributed by atoms with van der Waals surface area (Å²) in [5, 5.41) is 8.62. The molecule has 2 heteroatoms. The molecule has 2 aromatic heterocycles. The lowest BCUT2D eigenvalue weighted by Gasteiger charge is -2.16. The second-order valence-electron chi connectivity index (χ2n) is 11.2. The van der Waals surface area contributed by atoms with E-state index in [0.29, 0.717) is 0 Å². The molecule has 2 nitrogen and oxygen atoms in total. The first-order valence-corrected chi connectivity index (χ1v) is 14.7. The Balaban J connectivity index is 1.31. The van der Waals surface area contributed by atoms with Crippen LogP contribution in [0.2, 0.25) is 0 Å². The van der Waals surface area contributed by atoms with Gasteiger partial charge in [0.15, 0.2) is 0 Å². The predicted molar refractivity (Wildman–Crippen MR) is 182 cm³/mol. The Bertz CT molecular complexity index is 2430. The van der Waals surface area contributed by atoms with Gasteiger partial charge in [-0.25, -0.2) is 4.98 Å². The minimum Gasteiger partial charge on any atom is -0.309 e. The fraction of sp³-hybridized carbons (Fsp3) is 0. The standard InChI is InChI=1S/C41H26N2/c1-2-12-27(13-3-1)36-26-37-32-16-5-4-14-30(32)31-15-6-7-19-35(31)41(37)42-40(36)28-22-24-29(25-23-28)43-38-20-10-8-17-33(38)34-18-9-11-21-39(34)43/h1-26H. The van der Waals surface area contributed by atoms with Crippen LogP contribution in [0.3, 0.4) is 0 Å². The van der Waals surface area contributed by atoms with Crippen molar-refractivity contribution >= 4 is 54.3 Å². The second-order valence-corrected chi connectivity index (χ2v) is 11.2. The van der Waals surface area contributed by atoms with Crippen molar-refractivity contribution in [2.24, 2.45) is 0 Å². The smallest absolute Gasteiger partial charge is 0.0794 e. The van der Waals surface area contributed by atoms with Crippen molar-refractivity contribution in [1.82, 2.24) is 9.55 Å². The average molecular weight is 547 g/mol. The Morgan fingerprint density at radius 1 is 0.372 bits per heavy atom. The van der Waals surface area contributed by atoms with E-state index >= 15 is 0 Å². The van der Waals surface area contributed by atoms with Crippen LogP contribution in [0.1, 0.15) is 0 Å². The zero-order valence-corrected chi connectivity index (χ0v) is 23.4. The van der Waals surface area contributed by atoms with Crippen LogP contribution in [0, 0.1) is 0 Å². The van der Waals surface area contributed by atoms with Gasteiger partial charge >= 0.3 is 0 Å². The fourth-order valence-corrected chi connectivity index (χ4v) is 6.83. The van der Waals surface area contributed by atoms with Crippen LogP contribution in [0.4, 0.5) is 0 Å². The lowest BCUT2D eigenvalue weighted by atomic mass is 9.92. The highest BCUT2D eigenvalue weighted by Crippen LogP contribution is 2.40. The number of benzene rings is 7. The maximum Gasteiger partial charge on any atom is 0.0794 e. The normalized spacial score (nSPS) is 11.7. The molecule has 9 rings (SSSR count). The molecule has 0 aliphatic carbocycles. The van der Waals surface area contributed by atoms with Crippen LogP contribution in [0.5, 0.6) is 0 Å². The number of nitrogens with zero attached hydrogens (tertiary/aromatic N) is 2. The van der Waals surface area contributed by atoms with E-state index in [2.05, 4.69) is 162 Å². The third-order valence-corrected chi connectivity index (χ3v) is 8.78. The summed E-state index contributed by atoms with van der Waals surface area (Å²) in [7, 11) is 0. The summed E-state index contributed by atoms with van der Waals surface area (Å²) in [6, 6.07) is 56.5. The van der Waals surface area contributed by atoms with Gasteiger partial charge < -0.3 is 4.57 Å². The van der Waals surface area contributed by atoms with Gasteiger partial charge in [0.1, 0.15) is 0 Å². The van der Waals surface area contributed by atoms with Gasteiger partial charge in [-0.05, 0) is 52.1 Å². The molecule has 0 bridgehead atoms. The highest BCUT2D eigenvalue weighted by atomic mass is 15.0. The Labute approximate surface area is 249 Å². The SMILES string of the molecule is c1ccc(-c2cc3c4ccccc4c4ccccc4c3nc2-c2ccc(-n3c4ccccc4c4ccccc43)cc2)cc1. The number of fused-ring (bicyclic) bond motifs is 9. The largest absolute Gasteiger partial charge is 0.309 e. The van der Waals surface area contributed by atoms with Crippen LogP contribution in [0.15, 0.2) is 158 Å². The van der Waals surface area contributed by atoms with Crippen molar-refractivity contribution in [1.29, 1.82) is 0 Å². The molecule has 7 aromatic carbocycles. The summed E-state index contributed by atoms with van der Waals surface area (Å²) in [5.74, 6) is 0. The monoisotopic (exact) mass is 546 g/mol. The number of pyridine rings is 1. The molecule has 0 saturated heterocycles. The van der Waals surface area contributed by atoms with Crippen LogP contribution in [-0.4, -0.2) is 9.55 Å². The molecule has 0 N–H and O–H groups in total. The van der Waals surface area contributed by atoms with E-state index in [-0.39, 0.29) is 0 Å². The highest BCUT2D eigenvalue weighted by molar-refractivity contribution is 6.25. The predicted octanol–water partition coefficient (Wildman–Crippen LogP) is 11.0.